The van der Waals surface area contributed by atoms with E-state index in [2.05, 4.69) is 18.6 Å². The van der Waals surface area contributed by atoms with Crippen LogP contribution < -0.4 is 5.19 Å². The zero-order chi connectivity index (χ0) is 15.2. The lowest BCUT2D eigenvalue weighted by Gasteiger charge is -2.28. The molecule has 0 aromatic heterocycles. The lowest BCUT2D eigenvalue weighted by atomic mass is 9.81. The number of hydrogen-bond donors (Lipinski definition) is 0. The van der Waals surface area contributed by atoms with Gasteiger partial charge in [0.15, 0.2) is 11.6 Å². The first kappa shape index (κ1) is 16.3. The molecule has 1 fully saturated rings. The Balaban J connectivity index is 1.85. The smallest absolute Gasteiger partial charge is 0.151 e. The summed E-state index contributed by atoms with van der Waals surface area (Å²) in [6, 6.07) is 3.88. The number of nitrogens with zero attached hydrogens (tertiary/aromatic N) is 1. The van der Waals surface area contributed by atoms with Gasteiger partial charge in [-0.25, -0.2) is 8.78 Å². The van der Waals surface area contributed by atoms with Crippen LogP contribution in [0.4, 0.5) is 14.5 Å². The van der Waals surface area contributed by atoms with Crippen molar-refractivity contribution in [1.82, 2.24) is 0 Å². The average molecular weight is 307 g/mol. The average Bonchev–Trinajstić information content (AvgIpc) is 2.47. The van der Waals surface area contributed by atoms with Crippen LogP contribution in [0, 0.1) is 23.5 Å². The molecular formula is C17H23F2NSi. The highest BCUT2D eigenvalue weighted by atomic mass is 28.2. The summed E-state index contributed by atoms with van der Waals surface area (Å²) in [5.74, 6) is 0.431. The lowest BCUT2D eigenvalue weighted by molar-refractivity contribution is 0.276. The Morgan fingerprint density at radius 1 is 1.14 bits per heavy atom. The minimum atomic E-state index is -0.598. The van der Waals surface area contributed by atoms with Crippen LogP contribution in [0.1, 0.15) is 45.4 Å². The molecule has 0 atom stereocenters. The summed E-state index contributed by atoms with van der Waals surface area (Å²) >= 11 is 0. The Kier molecular flexibility index (Phi) is 6.09. The first-order valence-electron chi connectivity index (χ1n) is 7.83. The molecule has 0 unspecified atom stereocenters. The fourth-order valence-electron chi connectivity index (χ4n) is 3.21. The van der Waals surface area contributed by atoms with Crippen LogP contribution in [0.5, 0.6) is 0 Å². The van der Waals surface area contributed by atoms with Crippen molar-refractivity contribution in [2.24, 2.45) is 16.8 Å². The second-order valence-electron chi connectivity index (χ2n) is 6.00. The summed E-state index contributed by atoms with van der Waals surface area (Å²) in [6.07, 6.45) is 7.82. The maximum Gasteiger partial charge on any atom is 0.151 e. The Bertz CT molecular complexity index is 459. The predicted octanol–water partition coefficient (Wildman–Crippen LogP) is 4.65. The van der Waals surface area contributed by atoms with E-state index in [4.69, 9.17) is 0 Å². The van der Waals surface area contributed by atoms with Crippen molar-refractivity contribution >= 4 is 27.1 Å². The molecule has 114 valence electrons. The Hall–Kier alpha value is -1.03. The largest absolute Gasteiger partial charge is 0.258 e. The second-order valence-corrected chi connectivity index (χ2v) is 7.34. The lowest BCUT2D eigenvalue weighted by Crippen LogP contribution is -2.21. The monoisotopic (exact) mass is 307 g/mol. The molecule has 21 heavy (non-hydrogen) atoms. The van der Waals surface area contributed by atoms with Crippen molar-refractivity contribution in [1.29, 1.82) is 0 Å². The van der Waals surface area contributed by atoms with E-state index < -0.39 is 11.6 Å². The number of benzene rings is 1. The minimum Gasteiger partial charge on any atom is -0.258 e. The molecule has 1 saturated carbocycles. The zero-order valence-corrected chi connectivity index (χ0v) is 13.7. The fourth-order valence-corrected chi connectivity index (χ4v) is 4.60. The molecule has 2 rings (SSSR count). The summed E-state index contributed by atoms with van der Waals surface area (Å²) in [7, 11) is 0.477. The van der Waals surface area contributed by atoms with Crippen molar-refractivity contribution in [2.45, 2.75) is 51.5 Å². The minimum absolute atomic E-state index is 0.261. The molecule has 1 aromatic carbocycles. The Labute approximate surface area is 128 Å². The van der Waals surface area contributed by atoms with E-state index in [-0.39, 0.29) is 5.69 Å². The SMILES string of the molecule is C=Nc1c(F)cc([Si]CC2CCC(CCC)CC2)cc1F. The van der Waals surface area contributed by atoms with Crippen LogP contribution in [0.3, 0.4) is 0 Å². The third-order valence-corrected chi connectivity index (χ3v) is 5.91. The zero-order valence-electron chi connectivity index (χ0n) is 12.7. The molecule has 1 aromatic rings. The van der Waals surface area contributed by atoms with Crippen molar-refractivity contribution < 1.29 is 8.78 Å². The van der Waals surface area contributed by atoms with Gasteiger partial charge in [-0.1, -0.05) is 56.7 Å². The highest BCUT2D eigenvalue weighted by Gasteiger charge is 2.21. The van der Waals surface area contributed by atoms with Crippen LogP contribution in [-0.4, -0.2) is 16.2 Å². The molecule has 0 N–H and O–H groups in total. The van der Waals surface area contributed by atoms with E-state index in [1.807, 2.05) is 0 Å². The molecular weight excluding hydrogens is 284 g/mol. The van der Waals surface area contributed by atoms with Gasteiger partial charge in [-0.2, -0.15) is 0 Å². The standard InChI is InChI=1S/C17H23F2NSi/c1-3-4-12-5-7-13(8-6-12)11-21-14-9-15(18)17(20-2)16(19)10-14/h9-10,12-13H,2-8,11H2,1H3. The predicted molar refractivity (Wildman–Crippen MR) is 86.1 cm³/mol. The molecule has 0 amide bonds. The van der Waals surface area contributed by atoms with Gasteiger partial charge in [-0.3, -0.25) is 4.99 Å². The van der Waals surface area contributed by atoms with Crippen LogP contribution in [0.2, 0.25) is 6.04 Å². The first-order chi connectivity index (χ1) is 10.1. The summed E-state index contributed by atoms with van der Waals surface area (Å²) < 4.78 is 27.3. The molecule has 1 aliphatic carbocycles. The third-order valence-electron chi connectivity index (χ3n) is 4.43. The molecule has 0 heterocycles. The van der Waals surface area contributed by atoms with Crippen molar-refractivity contribution in [2.75, 3.05) is 0 Å². The maximum atomic E-state index is 13.6. The fraction of sp³-hybridized carbons (Fsp3) is 0.588. The molecule has 0 saturated heterocycles. The van der Waals surface area contributed by atoms with E-state index in [1.165, 1.54) is 50.7 Å². The van der Waals surface area contributed by atoms with E-state index in [9.17, 15) is 8.78 Å². The van der Waals surface area contributed by atoms with Crippen LogP contribution in [0.25, 0.3) is 0 Å². The van der Waals surface area contributed by atoms with Gasteiger partial charge < -0.3 is 0 Å². The number of halogens is 2. The van der Waals surface area contributed by atoms with Gasteiger partial charge in [0.1, 0.15) is 5.69 Å². The van der Waals surface area contributed by atoms with Gasteiger partial charge >= 0.3 is 0 Å². The van der Waals surface area contributed by atoms with E-state index >= 15 is 0 Å². The molecule has 4 heteroatoms. The quantitative estimate of drug-likeness (QED) is 0.536. The molecule has 0 bridgehead atoms. The maximum absolute atomic E-state index is 13.6. The molecule has 0 aliphatic heterocycles. The summed E-state index contributed by atoms with van der Waals surface area (Å²) in [6.45, 7) is 5.44. The summed E-state index contributed by atoms with van der Waals surface area (Å²) in [4.78, 5) is 3.39. The van der Waals surface area contributed by atoms with E-state index in [0.29, 0.717) is 9.52 Å². The van der Waals surface area contributed by atoms with Gasteiger partial charge in [-0.15, -0.1) is 0 Å². The summed E-state index contributed by atoms with van der Waals surface area (Å²) in [5.41, 5.74) is -0.261. The number of rotatable bonds is 6. The summed E-state index contributed by atoms with van der Waals surface area (Å²) in [5, 5.41) is 0.757. The second kappa shape index (κ2) is 7.83. The first-order valence-corrected chi connectivity index (χ1v) is 9.04. The Morgan fingerprint density at radius 2 is 1.71 bits per heavy atom. The van der Waals surface area contributed by atoms with Gasteiger partial charge in [0.2, 0.25) is 0 Å². The van der Waals surface area contributed by atoms with Crippen LogP contribution in [-0.2, 0) is 0 Å². The van der Waals surface area contributed by atoms with E-state index in [0.717, 1.165) is 23.1 Å². The van der Waals surface area contributed by atoms with Gasteiger partial charge in [0, 0.05) is 0 Å². The third kappa shape index (κ3) is 4.47. The van der Waals surface area contributed by atoms with Crippen LogP contribution in [0.15, 0.2) is 17.1 Å². The normalized spacial score (nSPS) is 22.2. The topological polar surface area (TPSA) is 12.4 Å². The number of aliphatic imine (C=N–C) groups is 1. The molecule has 0 spiro atoms. The van der Waals surface area contributed by atoms with Gasteiger partial charge in [0.25, 0.3) is 0 Å². The van der Waals surface area contributed by atoms with Crippen molar-refractivity contribution in [3.05, 3.63) is 23.8 Å². The highest BCUT2D eigenvalue weighted by Crippen LogP contribution is 2.33. The molecule has 1 nitrogen and oxygen atoms in total. The van der Waals surface area contributed by atoms with Crippen molar-refractivity contribution in [3.8, 4) is 0 Å². The Morgan fingerprint density at radius 3 is 2.24 bits per heavy atom. The van der Waals surface area contributed by atoms with Crippen LogP contribution >= 0.6 is 0 Å². The van der Waals surface area contributed by atoms with Gasteiger partial charge in [-0.05, 0) is 30.7 Å². The molecule has 2 radical (unpaired) electrons. The molecule has 1 aliphatic rings. The van der Waals surface area contributed by atoms with E-state index in [1.54, 1.807) is 0 Å². The van der Waals surface area contributed by atoms with Crippen molar-refractivity contribution in [3.63, 3.8) is 0 Å². The highest BCUT2D eigenvalue weighted by molar-refractivity contribution is 6.53. The van der Waals surface area contributed by atoms with Gasteiger partial charge in [0.05, 0.1) is 9.52 Å². The number of hydrogen-bond acceptors (Lipinski definition) is 1.